The van der Waals surface area contributed by atoms with Gasteiger partial charge in [-0.2, -0.15) is 0 Å². The molecule has 120 valence electrons. The number of rotatable bonds is 5. The highest BCUT2D eigenvalue weighted by molar-refractivity contribution is 14.0. The molecule has 0 saturated carbocycles. The van der Waals surface area contributed by atoms with Crippen LogP contribution in [0.15, 0.2) is 23.2 Å². The lowest BCUT2D eigenvalue weighted by Gasteiger charge is -2.10. The molecular formula is C13H23IN4O2S. The molecule has 21 heavy (non-hydrogen) atoms. The van der Waals surface area contributed by atoms with E-state index in [4.69, 9.17) is 5.73 Å². The summed E-state index contributed by atoms with van der Waals surface area (Å²) in [6, 6.07) is 5.96. The molecule has 0 radical (unpaired) electrons. The summed E-state index contributed by atoms with van der Waals surface area (Å²) in [5, 5.41) is 2.96. The minimum atomic E-state index is -3.24. The Morgan fingerprint density at radius 1 is 1.24 bits per heavy atom. The first-order valence-corrected chi connectivity index (χ1v) is 7.87. The van der Waals surface area contributed by atoms with Crippen molar-refractivity contribution in [2.24, 2.45) is 10.7 Å². The second-order valence-corrected chi connectivity index (χ2v) is 7.17. The van der Waals surface area contributed by atoms with Crippen LogP contribution in [-0.2, 0) is 10.0 Å². The van der Waals surface area contributed by atoms with Crippen molar-refractivity contribution in [1.29, 1.82) is 0 Å². The summed E-state index contributed by atoms with van der Waals surface area (Å²) in [7, 11) is -0.245. The summed E-state index contributed by atoms with van der Waals surface area (Å²) in [5.74, 6) is 0.152. The fourth-order valence-electron chi connectivity index (χ4n) is 1.70. The van der Waals surface area contributed by atoms with E-state index in [2.05, 4.69) is 16.4 Å². The van der Waals surface area contributed by atoms with Gasteiger partial charge in [-0.15, -0.1) is 24.0 Å². The van der Waals surface area contributed by atoms with Gasteiger partial charge in [-0.25, -0.2) is 12.7 Å². The molecule has 0 spiro atoms. The molecule has 0 aliphatic heterocycles. The number of hydrogen-bond acceptors (Lipinski definition) is 3. The number of nitrogens with one attached hydrogen (secondary N) is 1. The number of nitrogens with two attached hydrogens (primary N) is 1. The Morgan fingerprint density at radius 2 is 1.76 bits per heavy atom. The van der Waals surface area contributed by atoms with E-state index in [1.54, 1.807) is 0 Å². The third-order valence-electron chi connectivity index (χ3n) is 2.68. The van der Waals surface area contributed by atoms with E-state index in [9.17, 15) is 8.42 Å². The second kappa shape index (κ2) is 8.54. The van der Waals surface area contributed by atoms with E-state index in [1.807, 2.05) is 26.0 Å². The number of halogens is 1. The lowest BCUT2D eigenvalue weighted by molar-refractivity contribution is 0.521. The Bertz CT molecular complexity index is 580. The molecule has 0 bridgehead atoms. The molecule has 0 aliphatic carbocycles. The van der Waals surface area contributed by atoms with Crippen molar-refractivity contribution in [2.45, 2.75) is 13.8 Å². The van der Waals surface area contributed by atoms with Crippen LogP contribution in [0.2, 0.25) is 0 Å². The van der Waals surface area contributed by atoms with E-state index in [1.165, 1.54) is 18.4 Å². The average molecular weight is 426 g/mol. The Balaban J connectivity index is 0.00000400. The quantitative estimate of drug-likeness (QED) is 0.425. The number of aliphatic imine (C=N–C) groups is 1. The minimum Gasteiger partial charge on any atom is -0.370 e. The smallest absolute Gasteiger partial charge is 0.215 e. The monoisotopic (exact) mass is 426 g/mol. The highest BCUT2D eigenvalue weighted by Crippen LogP contribution is 2.13. The van der Waals surface area contributed by atoms with Gasteiger partial charge in [-0.05, 0) is 37.1 Å². The number of hydrogen-bond donors (Lipinski definition) is 2. The topological polar surface area (TPSA) is 87.8 Å². The highest BCUT2D eigenvalue weighted by atomic mass is 127. The molecule has 1 rings (SSSR count). The normalized spacial score (nSPS) is 12.1. The summed E-state index contributed by atoms with van der Waals surface area (Å²) in [4.78, 5) is 4.02. The third kappa shape index (κ3) is 7.09. The maximum absolute atomic E-state index is 11.6. The van der Waals surface area contributed by atoms with Crippen molar-refractivity contribution in [3.8, 4) is 0 Å². The van der Waals surface area contributed by atoms with Crippen molar-refractivity contribution in [3.63, 3.8) is 0 Å². The summed E-state index contributed by atoms with van der Waals surface area (Å²) in [6.07, 6.45) is 0. The maximum Gasteiger partial charge on any atom is 0.215 e. The van der Waals surface area contributed by atoms with Gasteiger partial charge in [0.2, 0.25) is 10.0 Å². The number of anilines is 1. The SMILES string of the molecule is Cc1cc(C)cc(NC(N)=NCCS(=O)(=O)N(C)C)c1.I. The molecule has 0 aliphatic rings. The number of benzene rings is 1. The molecule has 0 fully saturated rings. The lowest BCUT2D eigenvalue weighted by Crippen LogP contribution is -2.28. The van der Waals surface area contributed by atoms with E-state index < -0.39 is 10.0 Å². The van der Waals surface area contributed by atoms with Crippen LogP contribution in [0.4, 0.5) is 5.69 Å². The molecule has 0 heterocycles. The van der Waals surface area contributed by atoms with Crippen molar-refractivity contribution in [1.82, 2.24) is 4.31 Å². The average Bonchev–Trinajstić information content (AvgIpc) is 2.26. The number of guanidine groups is 1. The minimum absolute atomic E-state index is 0. The van der Waals surface area contributed by atoms with Crippen LogP contribution in [0, 0.1) is 13.8 Å². The van der Waals surface area contributed by atoms with Crippen molar-refractivity contribution in [3.05, 3.63) is 29.3 Å². The molecule has 0 amide bonds. The molecule has 0 atom stereocenters. The molecule has 0 unspecified atom stereocenters. The van der Waals surface area contributed by atoms with Gasteiger partial charge in [0.15, 0.2) is 5.96 Å². The zero-order valence-corrected chi connectivity index (χ0v) is 15.9. The number of aryl methyl sites for hydroxylation is 2. The Hall–Kier alpha value is -0.870. The zero-order chi connectivity index (χ0) is 15.3. The van der Waals surface area contributed by atoms with Gasteiger partial charge in [0.05, 0.1) is 12.3 Å². The second-order valence-electron chi connectivity index (χ2n) is 4.87. The first-order valence-electron chi connectivity index (χ1n) is 6.26. The molecule has 3 N–H and O–H groups in total. The number of sulfonamides is 1. The molecule has 1 aromatic rings. The van der Waals surface area contributed by atoms with Crippen LogP contribution in [0.5, 0.6) is 0 Å². The summed E-state index contributed by atoms with van der Waals surface area (Å²) >= 11 is 0. The van der Waals surface area contributed by atoms with Gasteiger partial charge >= 0.3 is 0 Å². The molecule has 1 aromatic carbocycles. The first-order chi connectivity index (χ1) is 9.20. The summed E-state index contributed by atoms with van der Waals surface area (Å²) in [5.41, 5.74) is 8.83. The van der Waals surface area contributed by atoms with E-state index in [0.717, 1.165) is 16.8 Å². The predicted octanol–water partition coefficient (Wildman–Crippen LogP) is 1.54. The molecule has 0 saturated heterocycles. The summed E-state index contributed by atoms with van der Waals surface area (Å²) < 4.78 is 24.3. The Labute approximate surface area is 143 Å². The lowest BCUT2D eigenvalue weighted by atomic mass is 10.1. The van der Waals surface area contributed by atoms with Gasteiger partial charge in [0.1, 0.15) is 0 Å². The fourth-order valence-corrected chi connectivity index (χ4v) is 2.39. The third-order valence-corrected chi connectivity index (χ3v) is 4.49. The fraction of sp³-hybridized carbons (Fsp3) is 0.462. The standard InChI is InChI=1S/C13H22N4O2S.HI/c1-10-7-11(2)9-12(8-10)16-13(14)15-5-6-20(18,19)17(3)4;/h7-9H,5-6H2,1-4H3,(H3,14,15,16);1H. The number of nitrogens with zero attached hydrogens (tertiary/aromatic N) is 2. The zero-order valence-electron chi connectivity index (χ0n) is 12.8. The predicted molar refractivity (Wildman–Crippen MR) is 98.9 cm³/mol. The van der Waals surface area contributed by atoms with Crippen LogP contribution in [0.1, 0.15) is 11.1 Å². The Kier molecular flexibility index (Phi) is 8.19. The molecular weight excluding hydrogens is 403 g/mol. The van der Waals surface area contributed by atoms with E-state index >= 15 is 0 Å². The summed E-state index contributed by atoms with van der Waals surface area (Å²) in [6.45, 7) is 4.12. The maximum atomic E-state index is 11.6. The van der Waals surface area contributed by atoms with Gasteiger partial charge in [-0.3, -0.25) is 4.99 Å². The first kappa shape index (κ1) is 20.1. The molecule has 0 aromatic heterocycles. The van der Waals surface area contributed by atoms with Crippen LogP contribution in [0.25, 0.3) is 0 Å². The van der Waals surface area contributed by atoms with Gasteiger partial charge in [0.25, 0.3) is 0 Å². The van der Waals surface area contributed by atoms with Gasteiger partial charge in [0, 0.05) is 19.8 Å². The van der Waals surface area contributed by atoms with Gasteiger partial charge in [-0.1, -0.05) is 6.07 Å². The van der Waals surface area contributed by atoms with Crippen LogP contribution in [-0.4, -0.2) is 45.1 Å². The molecule has 8 heteroatoms. The van der Waals surface area contributed by atoms with E-state index in [-0.39, 0.29) is 42.2 Å². The molecule has 6 nitrogen and oxygen atoms in total. The van der Waals surface area contributed by atoms with Crippen LogP contribution < -0.4 is 11.1 Å². The van der Waals surface area contributed by atoms with Crippen LogP contribution in [0.3, 0.4) is 0 Å². The Morgan fingerprint density at radius 3 is 2.24 bits per heavy atom. The van der Waals surface area contributed by atoms with Crippen LogP contribution >= 0.6 is 24.0 Å². The largest absolute Gasteiger partial charge is 0.370 e. The van der Waals surface area contributed by atoms with Crippen molar-refractivity contribution < 1.29 is 8.42 Å². The van der Waals surface area contributed by atoms with Crippen molar-refractivity contribution >= 4 is 45.6 Å². The van der Waals surface area contributed by atoms with Crippen molar-refractivity contribution in [2.75, 3.05) is 31.7 Å². The highest BCUT2D eigenvalue weighted by Gasteiger charge is 2.12. The van der Waals surface area contributed by atoms with E-state index in [0.29, 0.717) is 0 Å². The van der Waals surface area contributed by atoms with Gasteiger partial charge < -0.3 is 11.1 Å².